The monoisotopic (exact) mass is 310 g/mol. The van der Waals surface area contributed by atoms with Gasteiger partial charge < -0.3 is 9.64 Å². The summed E-state index contributed by atoms with van der Waals surface area (Å²) in [4.78, 5) is 26.3. The fraction of sp³-hybridized carbons (Fsp3) is 0.294. The first kappa shape index (κ1) is 15.1. The minimum Gasteiger partial charge on any atom is -0.461 e. The number of carbonyl (C=O) groups is 1. The van der Waals surface area contributed by atoms with Crippen LogP contribution in [0.25, 0.3) is 5.57 Å². The molecule has 0 bridgehead atoms. The summed E-state index contributed by atoms with van der Waals surface area (Å²) in [6, 6.07) is 4.01. The number of aromatic nitrogens is 3. The summed E-state index contributed by atoms with van der Waals surface area (Å²) in [7, 11) is 0. The van der Waals surface area contributed by atoms with Crippen LogP contribution in [-0.2, 0) is 4.74 Å². The third-order valence-electron chi connectivity index (χ3n) is 3.65. The molecule has 0 saturated carbocycles. The molecule has 118 valence electrons. The minimum atomic E-state index is -0.442. The van der Waals surface area contributed by atoms with Gasteiger partial charge in [0.2, 0.25) is 0 Å². The second kappa shape index (κ2) is 7.00. The minimum absolute atomic E-state index is 0.234. The zero-order valence-corrected chi connectivity index (χ0v) is 13.0. The average Bonchev–Trinajstić information content (AvgIpc) is 2.63. The highest BCUT2D eigenvalue weighted by Gasteiger charge is 2.17. The Kier molecular flexibility index (Phi) is 4.61. The summed E-state index contributed by atoms with van der Waals surface area (Å²) in [6.07, 6.45) is 9.87. The van der Waals surface area contributed by atoms with Crippen LogP contribution in [0.4, 0.5) is 5.82 Å². The molecule has 3 heterocycles. The van der Waals surface area contributed by atoms with Gasteiger partial charge in [0.15, 0.2) is 5.69 Å². The number of anilines is 1. The van der Waals surface area contributed by atoms with Gasteiger partial charge in [0.1, 0.15) is 5.82 Å². The summed E-state index contributed by atoms with van der Waals surface area (Å²) < 4.78 is 4.92. The Hall–Kier alpha value is -2.76. The van der Waals surface area contributed by atoms with Gasteiger partial charge in [-0.25, -0.2) is 14.8 Å². The van der Waals surface area contributed by atoms with Crippen LogP contribution in [-0.4, -0.2) is 40.6 Å². The first-order valence-corrected chi connectivity index (χ1v) is 7.61. The van der Waals surface area contributed by atoms with Crippen molar-refractivity contribution in [1.29, 1.82) is 0 Å². The number of carbonyl (C=O) groups excluding carboxylic acids is 1. The average molecular weight is 310 g/mol. The Morgan fingerprint density at radius 3 is 2.78 bits per heavy atom. The maximum absolute atomic E-state index is 11.6. The Morgan fingerprint density at radius 2 is 2.09 bits per heavy atom. The van der Waals surface area contributed by atoms with Crippen molar-refractivity contribution in [2.75, 3.05) is 24.6 Å². The van der Waals surface area contributed by atoms with Crippen LogP contribution in [0.1, 0.15) is 29.4 Å². The van der Waals surface area contributed by atoms with Crippen molar-refractivity contribution in [3.63, 3.8) is 0 Å². The molecule has 2 aromatic heterocycles. The molecule has 0 N–H and O–H groups in total. The molecule has 0 atom stereocenters. The lowest BCUT2D eigenvalue weighted by molar-refractivity contribution is 0.0519. The molecule has 0 aromatic carbocycles. The number of nitrogens with zero attached hydrogens (tertiary/aromatic N) is 4. The number of hydrogen-bond acceptors (Lipinski definition) is 6. The molecule has 2 aromatic rings. The lowest BCUT2D eigenvalue weighted by atomic mass is 10.0. The molecular weight excluding hydrogens is 292 g/mol. The highest BCUT2D eigenvalue weighted by molar-refractivity contribution is 5.86. The number of hydrogen-bond donors (Lipinski definition) is 0. The zero-order chi connectivity index (χ0) is 16.1. The van der Waals surface area contributed by atoms with Gasteiger partial charge in [-0.05, 0) is 36.6 Å². The van der Waals surface area contributed by atoms with Gasteiger partial charge in [-0.15, -0.1) is 0 Å². The molecule has 0 spiro atoms. The van der Waals surface area contributed by atoms with Crippen molar-refractivity contribution >= 4 is 17.4 Å². The largest absolute Gasteiger partial charge is 0.461 e. The topological polar surface area (TPSA) is 68.2 Å². The first-order valence-electron chi connectivity index (χ1n) is 7.61. The molecule has 0 aliphatic carbocycles. The van der Waals surface area contributed by atoms with Crippen molar-refractivity contribution in [1.82, 2.24) is 15.0 Å². The van der Waals surface area contributed by atoms with Gasteiger partial charge >= 0.3 is 5.97 Å². The molecule has 1 aliphatic rings. The fourth-order valence-electron chi connectivity index (χ4n) is 2.51. The Bertz CT molecular complexity index is 698. The van der Waals surface area contributed by atoms with E-state index in [0.29, 0.717) is 6.61 Å². The van der Waals surface area contributed by atoms with Crippen LogP contribution in [0.2, 0.25) is 0 Å². The van der Waals surface area contributed by atoms with Crippen molar-refractivity contribution in [2.45, 2.75) is 13.3 Å². The Morgan fingerprint density at radius 1 is 1.26 bits per heavy atom. The lowest BCUT2D eigenvalue weighted by Crippen LogP contribution is -2.30. The third kappa shape index (κ3) is 3.53. The number of rotatable bonds is 4. The molecule has 1 aliphatic heterocycles. The molecule has 3 rings (SSSR count). The first-order chi connectivity index (χ1) is 11.3. The second-order valence-electron chi connectivity index (χ2n) is 5.16. The highest BCUT2D eigenvalue weighted by Crippen LogP contribution is 2.23. The molecule has 6 heteroatoms. The molecule has 0 fully saturated rings. The molecule has 23 heavy (non-hydrogen) atoms. The molecule has 0 amide bonds. The predicted octanol–water partition coefficient (Wildman–Crippen LogP) is 2.34. The van der Waals surface area contributed by atoms with E-state index >= 15 is 0 Å². The van der Waals surface area contributed by atoms with Crippen LogP contribution in [0.5, 0.6) is 0 Å². The van der Waals surface area contributed by atoms with Gasteiger partial charge in [-0.1, -0.05) is 6.08 Å². The fourth-order valence-corrected chi connectivity index (χ4v) is 2.51. The van der Waals surface area contributed by atoms with E-state index in [0.717, 1.165) is 25.3 Å². The van der Waals surface area contributed by atoms with Crippen molar-refractivity contribution < 1.29 is 9.53 Å². The van der Waals surface area contributed by atoms with Crippen LogP contribution in [0.3, 0.4) is 0 Å². The normalized spacial score (nSPS) is 14.3. The molecule has 6 nitrogen and oxygen atoms in total. The van der Waals surface area contributed by atoms with E-state index < -0.39 is 5.97 Å². The SMILES string of the molecule is CCOC(=O)c1cnc(N2CCC=C(c3ccncc3)C2)cn1. The maximum Gasteiger partial charge on any atom is 0.358 e. The van der Waals surface area contributed by atoms with Crippen LogP contribution in [0, 0.1) is 0 Å². The highest BCUT2D eigenvalue weighted by atomic mass is 16.5. The van der Waals surface area contributed by atoms with Gasteiger partial charge in [0, 0.05) is 25.5 Å². The Balaban J connectivity index is 1.73. The zero-order valence-electron chi connectivity index (χ0n) is 13.0. The van der Waals surface area contributed by atoms with Crippen LogP contribution in [0.15, 0.2) is 43.0 Å². The van der Waals surface area contributed by atoms with E-state index in [2.05, 4.69) is 25.9 Å². The van der Waals surface area contributed by atoms with E-state index in [-0.39, 0.29) is 5.69 Å². The molecule has 0 saturated heterocycles. The standard InChI is InChI=1S/C17H18N4O2/c1-2-23-17(22)15-10-20-16(11-19-15)21-9-3-4-14(12-21)13-5-7-18-8-6-13/h4-8,10-11H,2-3,9,12H2,1H3. The number of esters is 1. The molecule has 0 radical (unpaired) electrons. The van der Waals surface area contributed by atoms with Gasteiger partial charge in [-0.3, -0.25) is 4.98 Å². The second-order valence-corrected chi connectivity index (χ2v) is 5.16. The summed E-state index contributed by atoms with van der Waals surface area (Å²) >= 11 is 0. The third-order valence-corrected chi connectivity index (χ3v) is 3.65. The smallest absolute Gasteiger partial charge is 0.358 e. The predicted molar refractivity (Wildman–Crippen MR) is 87.0 cm³/mol. The Labute approximate surface area is 134 Å². The van der Waals surface area contributed by atoms with E-state index in [1.807, 2.05) is 12.1 Å². The van der Waals surface area contributed by atoms with E-state index in [9.17, 15) is 4.79 Å². The van der Waals surface area contributed by atoms with Crippen LogP contribution >= 0.6 is 0 Å². The van der Waals surface area contributed by atoms with Gasteiger partial charge in [-0.2, -0.15) is 0 Å². The van der Waals surface area contributed by atoms with Gasteiger partial charge in [0.25, 0.3) is 0 Å². The molecular formula is C17H18N4O2. The van der Waals surface area contributed by atoms with E-state index in [1.54, 1.807) is 25.5 Å². The van der Waals surface area contributed by atoms with Gasteiger partial charge in [0.05, 0.1) is 19.0 Å². The van der Waals surface area contributed by atoms with Crippen molar-refractivity contribution in [3.05, 3.63) is 54.3 Å². The summed E-state index contributed by atoms with van der Waals surface area (Å²) in [5, 5.41) is 0. The summed E-state index contributed by atoms with van der Waals surface area (Å²) in [6.45, 7) is 3.73. The summed E-state index contributed by atoms with van der Waals surface area (Å²) in [5.41, 5.74) is 2.65. The summed E-state index contributed by atoms with van der Waals surface area (Å²) in [5.74, 6) is 0.320. The van der Waals surface area contributed by atoms with Crippen molar-refractivity contribution in [3.8, 4) is 0 Å². The van der Waals surface area contributed by atoms with Crippen molar-refractivity contribution in [2.24, 2.45) is 0 Å². The lowest BCUT2D eigenvalue weighted by Gasteiger charge is -2.28. The number of ether oxygens (including phenoxy) is 1. The van der Waals surface area contributed by atoms with E-state index in [1.165, 1.54) is 17.3 Å². The quantitative estimate of drug-likeness (QED) is 0.807. The molecule has 0 unspecified atom stereocenters. The van der Waals surface area contributed by atoms with E-state index in [4.69, 9.17) is 4.74 Å². The maximum atomic E-state index is 11.6. The number of pyridine rings is 1. The van der Waals surface area contributed by atoms with Crippen LogP contribution < -0.4 is 4.90 Å².